The lowest BCUT2D eigenvalue weighted by molar-refractivity contribution is 0.0378. The zero-order chi connectivity index (χ0) is 20.7. The molecule has 30 heavy (non-hydrogen) atoms. The monoisotopic (exact) mass is 523 g/mol. The molecular weight excluding hydrogens is 493 g/mol. The number of furan rings is 1. The summed E-state index contributed by atoms with van der Waals surface area (Å²) in [5.74, 6) is 1.93. The molecule has 1 unspecified atom stereocenters. The molecule has 2 aromatic heterocycles. The Balaban J connectivity index is 0.00000320. The van der Waals surface area contributed by atoms with E-state index in [1.165, 1.54) is 5.56 Å². The molecule has 0 aliphatic heterocycles. The fourth-order valence-corrected chi connectivity index (χ4v) is 2.92. The SMILES string of the molecule is CCNC(=NCc1cnn(Cc2ccccc2)c1)NCC(C)(O)c1ccc(C)o1.I. The normalized spacial score (nSPS) is 13.4. The average molecular weight is 523 g/mol. The van der Waals surface area contributed by atoms with Crippen LogP contribution in [-0.2, 0) is 18.7 Å². The first kappa shape index (κ1) is 23.9. The summed E-state index contributed by atoms with van der Waals surface area (Å²) < 4.78 is 7.47. The summed E-state index contributed by atoms with van der Waals surface area (Å²) >= 11 is 0. The van der Waals surface area contributed by atoms with Crippen molar-refractivity contribution in [2.45, 2.75) is 39.5 Å². The zero-order valence-corrected chi connectivity index (χ0v) is 20.0. The van der Waals surface area contributed by atoms with Crippen molar-refractivity contribution in [1.82, 2.24) is 20.4 Å². The van der Waals surface area contributed by atoms with E-state index in [1.54, 1.807) is 13.0 Å². The number of aryl methyl sites for hydroxylation is 1. The minimum Gasteiger partial charge on any atom is -0.463 e. The van der Waals surface area contributed by atoms with Gasteiger partial charge in [-0.1, -0.05) is 30.3 Å². The van der Waals surface area contributed by atoms with E-state index in [9.17, 15) is 5.11 Å². The smallest absolute Gasteiger partial charge is 0.191 e. The van der Waals surface area contributed by atoms with Gasteiger partial charge in [-0.25, -0.2) is 4.99 Å². The molecule has 0 radical (unpaired) electrons. The van der Waals surface area contributed by atoms with Gasteiger partial charge >= 0.3 is 0 Å². The van der Waals surface area contributed by atoms with Crippen LogP contribution in [0.4, 0.5) is 0 Å². The van der Waals surface area contributed by atoms with Crippen molar-refractivity contribution >= 4 is 29.9 Å². The highest BCUT2D eigenvalue weighted by molar-refractivity contribution is 14.0. The van der Waals surface area contributed by atoms with Crippen molar-refractivity contribution in [3.8, 4) is 0 Å². The van der Waals surface area contributed by atoms with E-state index >= 15 is 0 Å². The van der Waals surface area contributed by atoms with Crippen LogP contribution >= 0.6 is 24.0 Å². The van der Waals surface area contributed by atoms with Gasteiger partial charge in [0.1, 0.15) is 17.1 Å². The highest BCUT2D eigenvalue weighted by atomic mass is 127. The maximum atomic E-state index is 10.7. The number of guanidine groups is 1. The van der Waals surface area contributed by atoms with Crippen molar-refractivity contribution in [3.63, 3.8) is 0 Å². The Kier molecular flexibility index (Phi) is 8.91. The van der Waals surface area contributed by atoms with E-state index in [2.05, 4.69) is 32.9 Å². The van der Waals surface area contributed by atoms with Gasteiger partial charge in [0.15, 0.2) is 5.96 Å². The van der Waals surface area contributed by atoms with Crippen LogP contribution in [0.1, 0.15) is 36.5 Å². The second-order valence-electron chi connectivity index (χ2n) is 7.26. The van der Waals surface area contributed by atoms with Gasteiger partial charge in [0, 0.05) is 18.3 Å². The van der Waals surface area contributed by atoms with Gasteiger partial charge in [-0.05, 0) is 38.5 Å². The lowest BCUT2D eigenvalue weighted by atomic mass is 10.0. The lowest BCUT2D eigenvalue weighted by Gasteiger charge is -2.22. The van der Waals surface area contributed by atoms with E-state index in [0.717, 1.165) is 24.4 Å². The number of benzene rings is 1. The molecule has 0 saturated carbocycles. The molecule has 0 spiro atoms. The number of halogens is 1. The Morgan fingerprint density at radius 1 is 1.17 bits per heavy atom. The average Bonchev–Trinajstić information content (AvgIpc) is 3.34. The van der Waals surface area contributed by atoms with Crippen LogP contribution in [0.2, 0.25) is 0 Å². The molecule has 0 aliphatic carbocycles. The second kappa shape index (κ2) is 11.2. The second-order valence-corrected chi connectivity index (χ2v) is 7.26. The molecule has 3 aromatic rings. The number of aliphatic hydroxyl groups is 1. The number of hydrogen-bond donors (Lipinski definition) is 3. The third-order valence-corrected chi connectivity index (χ3v) is 4.51. The fraction of sp³-hybridized carbons (Fsp3) is 0.364. The van der Waals surface area contributed by atoms with Gasteiger partial charge in [-0.2, -0.15) is 5.10 Å². The third-order valence-electron chi connectivity index (χ3n) is 4.51. The predicted octanol–water partition coefficient (Wildman–Crippen LogP) is 3.41. The minimum atomic E-state index is -1.13. The molecule has 7 nitrogen and oxygen atoms in total. The Morgan fingerprint density at radius 3 is 2.60 bits per heavy atom. The standard InChI is InChI=1S/C22H29N5O2.HI/c1-4-23-21(25-16-22(3,28)20-11-10-17(2)29-20)24-12-19-13-26-27(15-19)14-18-8-6-5-7-9-18;/h5-11,13,15,28H,4,12,14,16H2,1-3H3,(H2,23,24,25);1H. The van der Waals surface area contributed by atoms with Crippen LogP contribution in [-0.4, -0.2) is 33.9 Å². The largest absolute Gasteiger partial charge is 0.463 e. The van der Waals surface area contributed by atoms with E-state index < -0.39 is 5.60 Å². The topological polar surface area (TPSA) is 87.6 Å². The highest BCUT2D eigenvalue weighted by Gasteiger charge is 2.27. The summed E-state index contributed by atoms with van der Waals surface area (Å²) in [7, 11) is 0. The van der Waals surface area contributed by atoms with E-state index in [-0.39, 0.29) is 30.5 Å². The molecule has 3 N–H and O–H groups in total. The van der Waals surface area contributed by atoms with Crippen LogP contribution < -0.4 is 10.6 Å². The minimum absolute atomic E-state index is 0. The number of rotatable bonds is 8. The number of aliphatic imine (C=N–C) groups is 1. The number of hydrogen-bond acceptors (Lipinski definition) is 4. The molecule has 0 bridgehead atoms. The first-order chi connectivity index (χ1) is 14.0. The van der Waals surface area contributed by atoms with E-state index in [4.69, 9.17) is 4.42 Å². The maximum Gasteiger partial charge on any atom is 0.191 e. The van der Waals surface area contributed by atoms with Gasteiger partial charge in [0.2, 0.25) is 0 Å². The summed E-state index contributed by atoms with van der Waals surface area (Å²) in [6.07, 6.45) is 3.83. The quantitative estimate of drug-likeness (QED) is 0.239. The van der Waals surface area contributed by atoms with Crippen LogP contribution in [0.5, 0.6) is 0 Å². The predicted molar refractivity (Wildman–Crippen MR) is 129 cm³/mol. The molecule has 0 amide bonds. The Hall–Kier alpha value is -2.33. The van der Waals surface area contributed by atoms with E-state index in [1.807, 2.05) is 55.2 Å². The first-order valence-electron chi connectivity index (χ1n) is 9.83. The van der Waals surface area contributed by atoms with Crippen molar-refractivity contribution < 1.29 is 9.52 Å². The molecule has 0 saturated heterocycles. The van der Waals surface area contributed by atoms with Crippen LogP contribution in [0.15, 0.2) is 64.3 Å². The molecule has 0 aliphatic rings. The van der Waals surface area contributed by atoms with Crippen molar-refractivity contribution in [2.75, 3.05) is 13.1 Å². The summed E-state index contributed by atoms with van der Waals surface area (Å²) in [6.45, 7) is 7.80. The molecule has 0 fully saturated rings. The van der Waals surface area contributed by atoms with Crippen molar-refractivity contribution in [1.29, 1.82) is 0 Å². The van der Waals surface area contributed by atoms with Crippen LogP contribution in [0.3, 0.4) is 0 Å². The van der Waals surface area contributed by atoms with E-state index in [0.29, 0.717) is 18.3 Å². The Bertz CT molecular complexity index is 934. The van der Waals surface area contributed by atoms with Crippen molar-refractivity contribution in [2.24, 2.45) is 4.99 Å². The highest BCUT2D eigenvalue weighted by Crippen LogP contribution is 2.21. The van der Waals surface area contributed by atoms with Gasteiger partial charge in [0.25, 0.3) is 0 Å². The molecular formula is C22H30IN5O2. The van der Waals surface area contributed by atoms with Crippen LogP contribution in [0, 0.1) is 6.92 Å². The maximum absolute atomic E-state index is 10.7. The zero-order valence-electron chi connectivity index (χ0n) is 17.6. The van der Waals surface area contributed by atoms with Gasteiger partial charge in [0.05, 0.1) is 25.8 Å². The molecule has 3 rings (SSSR count). The first-order valence-corrected chi connectivity index (χ1v) is 9.83. The summed E-state index contributed by atoms with van der Waals surface area (Å²) in [6, 6.07) is 13.9. The summed E-state index contributed by atoms with van der Waals surface area (Å²) in [5, 5.41) is 21.5. The Labute approximate surface area is 194 Å². The van der Waals surface area contributed by atoms with Gasteiger partial charge in [-0.15, -0.1) is 24.0 Å². The Morgan fingerprint density at radius 2 is 1.93 bits per heavy atom. The summed E-state index contributed by atoms with van der Waals surface area (Å²) in [4.78, 5) is 4.61. The number of aromatic nitrogens is 2. The fourth-order valence-electron chi connectivity index (χ4n) is 2.92. The third kappa shape index (κ3) is 6.88. The molecule has 2 heterocycles. The molecule has 162 valence electrons. The summed E-state index contributed by atoms with van der Waals surface area (Å²) in [5.41, 5.74) is 1.09. The molecule has 1 aromatic carbocycles. The van der Waals surface area contributed by atoms with Crippen LogP contribution in [0.25, 0.3) is 0 Å². The molecule has 8 heteroatoms. The van der Waals surface area contributed by atoms with Gasteiger partial charge in [-0.3, -0.25) is 4.68 Å². The number of nitrogens with one attached hydrogen (secondary N) is 2. The lowest BCUT2D eigenvalue weighted by Crippen LogP contribution is -2.44. The van der Waals surface area contributed by atoms with Crippen molar-refractivity contribution in [3.05, 3.63) is 77.5 Å². The van der Waals surface area contributed by atoms with Gasteiger partial charge < -0.3 is 20.2 Å². The number of nitrogens with zero attached hydrogens (tertiary/aromatic N) is 3. The molecule has 1 atom stereocenters.